The van der Waals surface area contributed by atoms with E-state index in [0.29, 0.717) is 17.1 Å². The number of nitrogens with zero attached hydrogens (tertiary/aromatic N) is 1. The van der Waals surface area contributed by atoms with Crippen molar-refractivity contribution in [1.82, 2.24) is 5.16 Å². The lowest BCUT2D eigenvalue weighted by molar-refractivity contribution is 0.0988. The van der Waals surface area contributed by atoms with Crippen molar-refractivity contribution in [2.45, 2.75) is 13.8 Å². The number of aryl methyl sites for hydroxylation is 1. The third kappa shape index (κ3) is 2.28. The lowest BCUT2D eigenvalue weighted by Gasteiger charge is -2.08. The van der Waals surface area contributed by atoms with E-state index in [2.05, 4.69) is 10.5 Å². The van der Waals surface area contributed by atoms with Gasteiger partial charge in [-0.25, -0.2) is 0 Å². The summed E-state index contributed by atoms with van der Waals surface area (Å²) in [5.74, 6) is -0.149. The van der Waals surface area contributed by atoms with Gasteiger partial charge in [0.15, 0.2) is 0 Å². The number of hydrogen-bond donors (Lipinski definition) is 2. The van der Waals surface area contributed by atoms with E-state index in [1.807, 2.05) is 6.92 Å². The Labute approximate surface area is 98.6 Å². The van der Waals surface area contributed by atoms with Crippen molar-refractivity contribution in [3.63, 3.8) is 0 Å². The predicted molar refractivity (Wildman–Crippen MR) is 64.8 cm³/mol. The standard InChI is InChI=1S/C12H13N3O2/c1-7-6-11(17-15-7)12(16)14-10-5-3-4-9(13)8(10)2/h3-6H,13H2,1-2H3,(H,14,16). The number of aromatic nitrogens is 1. The molecule has 2 aromatic rings. The van der Waals surface area contributed by atoms with Crippen LogP contribution < -0.4 is 11.1 Å². The Morgan fingerprint density at radius 1 is 1.41 bits per heavy atom. The highest BCUT2D eigenvalue weighted by Crippen LogP contribution is 2.21. The van der Waals surface area contributed by atoms with Crippen LogP contribution in [0.3, 0.4) is 0 Å². The highest BCUT2D eigenvalue weighted by molar-refractivity contribution is 6.03. The average molecular weight is 231 g/mol. The Morgan fingerprint density at radius 2 is 2.18 bits per heavy atom. The van der Waals surface area contributed by atoms with Crippen LogP contribution in [0, 0.1) is 13.8 Å². The summed E-state index contributed by atoms with van der Waals surface area (Å²) in [5, 5.41) is 6.39. The zero-order chi connectivity index (χ0) is 12.4. The smallest absolute Gasteiger partial charge is 0.294 e. The van der Waals surface area contributed by atoms with Gasteiger partial charge in [-0.2, -0.15) is 0 Å². The van der Waals surface area contributed by atoms with Gasteiger partial charge in [0.25, 0.3) is 5.91 Å². The predicted octanol–water partition coefficient (Wildman–Crippen LogP) is 2.13. The van der Waals surface area contributed by atoms with E-state index in [1.54, 1.807) is 31.2 Å². The second-order valence-electron chi connectivity index (χ2n) is 3.81. The summed E-state index contributed by atoms with van der Waals surface area (Å²) in [6.07, 6.45) is 0. The first-order chi connectivity index (χ1) is 8.08. The number of anilines is 2. The number of nitrogens with one attached hydrogen (secondary N) is 1. The SMILES string of the molecule is Cc1cc(C(=O)Nc2cccc(N)c2C)on1. The van der Waals surface area contributed by atoms with Crippen molar-refractivity contribution in [2.24, 2.45) is 0 Å². The molecule has 5 nitrogen and oxygen atoms in total. The maximum absolute atomic E-state index is 11.8. The Kier molecular flexibility index (Phi) is 2.82. The molecular formula is C12H13N3O2. The van der Waals surface area contributed by atoms with E-state index in [1.165, 1.54) is 0 Å². The summed E-state index contributed by atoms with van der Waals surface area (Å²) in [5.41, 5.74) is 8.55. The highest BCUT2D eigenvalue weighted by atomic mass is 16.5. The van der Waals surface area contributed by atoms with Gasteiger partial charge in [0.2, 0.25) is 5.76 Å². The van der Waals surface area contributed by atoms with E-state index >= 15 is 0 Å². The quantitative estimate of drug-likeness (QED) is 0.776. The lowest BCUT2D eigenvalue weighted by atomic mass is 10.1. The molecule has 0 fully saturated rings. The fraction of sp³-hybridized carbons (Fsp3) is 0.167. The molecule has 0 unspecified atom stereocenters. The summed E-state index contributed by atoms with van der Waals surface area (Å²) in [6.45, 7) is 3.60. The summed E-state index contributed by atoms with van der Waals surface area (Å²) >= 11 is 0. The van der Waals surface area contributed by atoms with Gasteiger partial charge in [-0.1, -0.05) is 11.2 Å². The Bertz CT molecular complexity index is 561. The number of nitrogen functional groups attached to an aromatic ring is 1. The van der Waals surface area contributed by atoms with Gasteiger partial charge in [0, 0.05) is 17.4 Å². The van der Waals surface area contributed by atoms with E-state index in [9.17, 15) is 4.79 Å². The molecule has 2 rings (SSSR count). The van der Waals surface area contributed by atoms with Crippen LogP contribution >= 0.6 is 0 Å². The van der Waals surface area contributed by atoms with Crippen LogP contribution in [0.15, 0.2) is 28.8 Å². The van der Waals surface area contributed by atoms with Crippen LogP contribution in [-0.2, 0) is 0 Å². The minimum absolute atomic E-state index is 0.185. The first-order valence-electron chi connectivity index (χ1n) is 5.17. The number of hydrogen-bond acceptors (Lipinski definition) is 4. The number of amides is 1. The second-order valence-corrected chi connectivity index (χ2v) is 3.81. The maximum Gasteiger partial charge on any atom is 0.294 e. The molecule has 1 aromatic heterocycles. The molecule has 1 heterocycles. The normalized spacial score (nSPS) is 10.2. The minimum Gasteiger partial charge on any atom is -0.398 e. The fourth-order valence-electron chi connectivity index (χ4n) is 1.44. The van der Waals surface area contributed by atoms with Crippen LogP contribution in [-0.4, -0.2) is 11.1 Å². The molecular weight excluding hydrogens is 218 g/mol. The van der Waals surface area contributed by atoms with Crippen molar-refractivity contribution in [2.75, 3.05) is 11.1 Å². The molecule has 0 saturated heterocycles. The number of carbonyl (C=O) groups excluding carboxylic acids is 1. The Balaban J connectivity index is 2.21. The van der Waals surface area contributed by atoms with Gasteiger partial charge in [-0.3, -0.25) is 4.79 Å². The third-order valence-electron chi connectivity index (χ3n) is 2.48. The Morgan fingerprint density at radius 3 is 2.82 bits per heavy atom. The molecule has 17 heavy (non-hydrogen) atoms. The summed E-state index contributed by atoms with van der Waals surface area (Å²) in [6, 6.07) is 6.93. The molecule has 0 aliphatic carbocycles. The molecule has 0 bridgehead atoms. The Hall–Kier alpha value is -2.30. The molecule has 0 atom stereocenters. The molecule has 1 aromatic carbocycles. The molecule has 1 amide bonds. The first-order valence-corrected chi connectivity index (χ1v) is 5.17. The van der Waals surface area contributed by atoms with Gasteiger partial charge in [-0.05, 0) is 31.5 Å². The fourth-order valence-corrected chi connectivity index (χ4v) is 1.44. The largest absolute Gasteiger partial charge is 0.398 e. The molecule has 0 saturated carbocycles. The summed E-state index contributed by atoms with van der Waals surface area (Å²) in [7, 11) is 0. The molecule has 5 heteroatoms. The topological polar surface area (TPSA) is 81.2 Å². The van der Waals surface area contributed by atoms with Gasteiger partial charge in [0.05, 0.1) is 5.69 Å². The average Bonchev–Trinajstić information content (AvgIpc) is 2.72. The van der Waals surface area contributed by atoms with Crippen molar-refractivity contribution in [3.8, 4) is 0 Å². The van der Waals surface area contributed by atoms with Gasteiger partial charge < -0.3 is 15.6 Å². The van der Waals surface area contributed by atoms with Gasteiger partial charge >= 0.3 is 0 Å². The monoisotopic (exact) mass is 231 g/mol. The van der Waals surface area contributed by atoms with Gasteiger partial charge in [0.1, 0.15) is 0 Å². The van der Waals surface area contributed by atoms with Crippen LogP contribution in [0.5, 0.6) is 0 Å². The highest BCUT2D eigenvalue weighted by Gasteiger charge is 2.13. The molecule has 88 valence electrons. The van der Waals surface area contributed by atoms with E-state index in [4.69, 9.17) is 10.3 Å². The van der Waals surface area contributed by atoms with E-state index in [0.717, 1.165) is 5.56 Å². The first kappa shape index (κ1) is 11.2. The number of nitrogens with two attached hydrogens (primary N) is 1. The molecule has 0 radical (unpaired) electrons. The molecule has 0 aliphatic heterocycles. The van der Waals surface area contributed by atoms with Crippen molar-refractivity contribution < 1.29 is 9.32 Å². The van der Waals surface area contributed by atoms with E-state index < -0.39 is 0 Å². The van der Waals surface area contributed by atoms with Gasteiger partial charge in [-0.15, -0.1) is 0 Å². The minimum atomic E-state index is -0.334. The van der Waals surface area contributed by atoms with Crippen molar-refractivity contribution >= 4 is 17.3 Å². The molecule has 0 spiro atoms. The lowest BCUT2D eigenvalue weighted by Crippen LogP contribution is -2.12. The number of benzene rings is 1. The van der Waals surface area contributed by atoms with Crippen LogP contribution in [0.25, 0.3) is 0 Å². The summed E-state index contributed by atoms with van der Waals surface area (Å²) in [4.78, 5) is 11.8. The number of rotatable bonds is 2. The molecule has 0 aliphatic rings. The van der Waals surface area contributed by atoms with Crippen molar-refractivity contribution in [3.05, 3.63) is 41.3 Å². The van der Waals surface area contributed by atoms with Crippen LogP contribution in [0.4, 0.5) is 11.4 Å². The van der Waals surface area contributed by atoms with Crippen molar-refractivity contribution in [1.29, 1.82) is 0 Å². The number of carbonyl (C=O) groups is 1. The second kappa shape index (κ2) is 4.29. The summed E-state index contributed by atoms with van der Waals surface area (Å²) < 4.78 is 4.88. The van der Waals surface area contributed by atoms with Crippen LogP contribution in [0.2, 0.25) is 0 Å². The molecule has 3 N–H and O–H groups in total. The zero-order valence-electron chi connectivity index (χ0n) is 9.65. The van der Waals surface area contributed by atoms with E-state index in [-0.39, 0.29) is 11.7 Å². The third-order valence-corrected chi connectivity index (χ3v) is 2.48. The maximum atomic E-state index is 11.8. The zero-order valence-corrected chi connectivity index (χ0v) is 9.65. The van der Waals surface area contributed by atoms with Crippen LogP contribution in [0.1, 0.15) is 21.8 Å².